The van der Waals surface area contributed by atoms with Gasteiger partial charge in [-0.3, -0.25) is 10.1 Å². The lowest BCUT2D eigenvalue weighted by molar-refractivity contribution is -0.384. The number of halogens is 1. The molecule has 0 atom stereocenters. The summed E-state index contributed by atoms with van der Waals surface area (Å²) in [6.45, 7) is 1.96. The minimum Gasteiger partial charge on any atom is -0.395 e. The zero-order valence-corrected chi connectivity index (χ0v) is 10.1. The normalized spacial score (nSPS) is 10.3. The van der Waals surface area contributed by atoms with E-state index in [9.17, 15) is 10.1 Å². The van der Waals surface area contributed by atoms with Gasteiger partial charge in [0.15, 0.2) is 0 Å². The molecule has 1 aromatic heterocycles. The fourth-order valence-electron chi connectivity index (χ4n) is 1.27. The molecule has 0 bridgehead atoms. The molecule has 1 rings (SSSR count). The summed E-state index contributed by atoms with van der Waals surface area (Å²) in [4.78, 5) is 18.1. The van der Waals surface area contributed by atoms with Gasteiger partial charge >= 0.3 is 5.69 Å². The minimum atomic E-state index is -0.641. The van der Waals surface area contributed by atoms with Crippen molar-refractivity contribution in [2.45, 2.75) is 19.8 Å². The predicted octanol–water partition coefficient (Wildman–Crippen LogP) is 1.39. The number of aliphatic hydroxyl groups excluding tert-OH is 1. The van der Waals surface area contributed by atoms with Crippen molar-refractivity contribution < 1.29 is 10.0 Å². The molecular formula is C9H13ClN4O3. The van der Waals surface area contributed by atoms with Crippen LogP contribution in [0.4, 0.5) is 11.5 Å². The van der Waals surface area contributed by atoms with Crippen LogP contribution in [-0.4, -0.2) is 33.1 Å². The average Bonchev–Trinajstić information content (AvgIpc) is 2.25. The maximum atomic E-state index is 10.8. The fourth-order valence-corrected chi connectivity index (χ4v) is 1.52. The third-order valence-electron chi connectivity index (χ3n) is 1.95. The molecule has 1 aromatic rings. The molecule has 0 spiro atoms. The van der Waals surface area contributed by atoms with Crippen molar-refractivity contribution in [2.24, 2.45) is 0 Å². The minimum absolute atomic E-state index is 0.0486. The number of aromatic nitrogens is 2. The molecule has 0 amide bonds. The predicted molar refractivity (Wildman–Crippen MR) is 63.3 cm³/mol. The highest BCUT2D eigenvalue weighted by atomic mass is 35.5. The maximum Gasteiger partial charge on any atom is 0.348 e. The SMILES string of the molecule is CCCc1nc(Cl)c([N+](=O)[O-])c(NCCO)n1. The van der Waals surface area contributed by atoms with Gasteiger partial charge in [-0.2, -0.15) is 0 Å². The van der Waals surface area contributed by atoms with Crippen molar-refractivity contribution in [3.8, 4) is 0 Å². The zero-order chi connectivity index (χ0) is 12.8. The van der Waals surface area contributed by atoms with Gasteiger partial charge in [-0.05, 0) is 6.42 Å². The van der Waals surface area contributed by atoms with E-state index in [0.717, 1.165) is 6.42 Å². The van der Waals surface area contributed by atoms with Gasteiger partial charge in [0, 0.05) is 13.0 Å². The van der Waals surface area contributed by atoms with Crippen LogP contribution in [0.2, 0.25) is 5.15 Å². The van der Waals surface area contributed by atoms with Gasteiger partial charge in [-0.1, -0.05) is 18.5 Å². The van der Waals surface area contributed by atoms with Crippen LogP contribution in [0.1, 0.15) is 19.2 Å². The monoisotopic (exact) mass is 260 g/mol. The van der Waals surface area contributed by atoms with Gasteiger partial charge in [0.2, 0.25) is 11.0 Å². The van der Waals surface area contributed by atoms with Crippen LogP contribution in [-0.2, 0) is 6.42 Å². The number of nitrogens with zero attached hydrogens (tertiary/aromatic N) is 3. The van der Waals surface area contributed by atoms with Gasteiger partial charge in [0.1, 0.15) is 5.82 Å². The molecule has 1 heterocycles. The number of rotatable bonds is 6. The standard InChI is InChI=1S/C9H13ClN4O3/c1-2-3-6-12-8(10)7(14(16)17)9(13-6)11-4-5-15/h15H,2-5H2,1H3,(H,11,12,13). The summed E-state index contributed by atoms with van der Waals surface area (Å²) in [5, 5.41) is 22.0. The summed E-state index contributed by atoms with van der Waals surface area (Å²) in [6.07, 6.45) is 1.40. The molecule has 94 valence electrons. The molecule has 0 fully saturated rings. The molecule has 0 aliphatic rings. The Morgan fingerprint density at radius 3 is 2.76 bits per heavy atom. The molecule has 8 heteroatoms. The van der Waals surface area contributed by atoms with Gasteiger partial charge in [-0.25, -0.2) is 9.97 Å². The topological polar surface area (TPSA) is 101 Å². The summed E-state index contributed by atoms with van der Waals surface area (Å²) in [6, 6.07) is 0. The molecular weight excluding hydrogens is 248 g/mol. The molecule has 0 saturated heterocycles. The molecule has 7 nitrogen and oxygen atoms in total. The Morgan fingerprint density at radius 2 is 2.24 bits per heavy atom. The third kappa shape index (κ3) is 3.50. The first kappa shape index (κ1) is 13.6. The van der Waals surface area contributed by atoms with E-state index >= 15 is 0 Å². The van der Waals surface area contributed by atoms with Crippen molar-refractivity contribution in [3.63, 3.8) is 0 Å². The number of nitro groups is 1. The van der Waals surface area contributed by atoms with E-state index in [1.807, 2.05) is 6.92 Å². The van der Waals surface area contributed by atoms with Crippen LogP contribution in [0, 0.1) is 10.1 Å². The second-order valence-electron chi connectivity index (χ2n) is 3.29. The van der Waals surface area contributed by atoms with Crippen molar-refractivity contribution in [3.05, 3.63) is 21.1 Å². The van der Waals surface area contributed by atoms with E-state index in [-0.39, 0.29) is 29.8 Å². The molecule has 0 aromatic carbocycles. The van der Waals surface area contributed by atoms with E-state index in [0.29, 0.717) is 12.2 Å². The van der Waals surface area contributed by atoms with Crippen LogP contribution in [0.5, 0.6) is 0 Å². The maximum absolute atomic E-state index is 10.8. The van der Waals surface area contributed by atoms with Crippen LogP contribution in [0.15, 0.2) is 0 Å². The highest BCUT2D eigenvalue weighted by Gasteiger charge is 2.23. The van der Waals surface area contributed by atoms with E-state index in [1.54, 1.807) is 0 Å². The molecule has 0 unspecified atom stereocenters. The van der Waals surface area contributed by atoms with Gasteiger partial charge in [0.05, 0.1) is 11.5 Å². The Balaban J connectivity index is 3.14. The number of hydrogen-bond donors (Lipinski definition) is 2. The first-order valence-electron chi connectivity index (χ1n) is 5.15. The molecule has 2 N–H and O–H groups in total. The number of anilines is 1. The lowest BCUT2D eigenvalue weighted by Crippen LogP contribution is -2.11. The zero-order valence-electron chi connectivity index (χ0n) is 9.31. The van der Waals surface area contributed by atoms with Gasteiger partial charge in [-0.15, -0.1) is 0 Å². The second kappa shape index (κ2) is 6.31. The molecule has 0 radical (unpaired) electrons. The molecule has 0 saturated carbocycles. The van der Waals surface area contributed by atoms with Crippen LogP contribution < -0.4 is 5.32 Å². The van der Waals surface area contributed by atoms with Gasteiger partial charge in [0.25, 0.3) is 0 Å². The Labute approximate surface area is 103 Å². The number of aliphatic hydroxyl groups is 1. The second-order valence-corrected chi connectivity index (χ2v) is 3.64. The van der Waals surface area contributed by atoms with Crippen LogP contribution in [0.25, 0.3) is 0 Å². The van der Waals surface area contributed by atoms with E-state index in [4.69, 9.17) is 16.7 Å². The third-order valence-corrected chi connectivity index (χ3v) is 2.21. The average molecular weight is 261 g/mol. The largest absolute Gasteiger partial charge is 0.395 e. The highest BCUT2D eigenvalue weighted by Crippen LogP contribution is 2.29. The summed E-state index contributed by atoms with van der Waals surface area (Å²) >= 11 is 5.75. The number of aryl methyl sites for hydroxylation is 1. The number of hydrogen-bond acceptors (Lipinski definition) is 6. The summed E-state index contributed by atoms with van der Waals surface area (Å²) in [5.41, 5.74) is -0.361. The molecule has 0 aliphatic carbocycles. The van der Waals surface area contributed by atoms with Crippen LogP contribution >= 0.6 is 11.6 Å². The first-order chi connectivity index (χ1) is 8.10. The smallest absolute Gasteiger partial charge is 0.348 e. The number of nitrogens with one attached hydrogen (secondary N) is 1. The fraction of sp³-hybridized carbons (Fsp3) is 0.556. The lowest BCUT2D eigenvalue weighted by Gasteiger charge is -2.07. The molecule has 0 aliphatic heterocycles. The summed E-state index contributed by atoms with van der Waals surface area (Å²) in [5.74, 6) is 0.496. The van der Waals surface area contributed by atoms with E-state index < -0.39 is 4.92 Å². The Bertz CT molecular complexity index is 413. The Kier molecular flexibility index (Phi) is 5.05. The Hall–Kier alpha value is -1.47. The van der Waals surface area contributed by atoms with Crippen molar-refractivity contribution in [1.82, 2.24) is 9.97 Å². The quantitative estimate of drug-likeness (QED) is 0.455. The van der Waals surface area contributed by atoms with E-state index in [2.05, 4.69) is 15.3 Å². The molecule has 17 heavy (non-hydrogen) atoms. The van der Waals surface area contributed by atoms with Crippen molar-refractivity contribution in [1.29, 1.82) is 0 Å². The van der Waals surface area contributed by atoms with Gasteiger partial charge < -0.3 is 10.4 Å². The first-order valence-corrected chi connectivity index (χ1v) is 5.53. The van der Waals surface area contributed by atoms with E-state index in [1.165, 1.54) is 0 Å². The lowest BCUT2D eigenvalue weighted by atomic mass is 10.3. The summed E-state index contributed by atoms with van der Waals surface area (Å²) < 4.78 is 0. The van der Waals surface area contributed by atoms with Crippen LogP contribution in [0.3, 0.4) is 0 Å². The van der Waals surface area contributed by atoms with Crippen molar-refractivity contribution >= 4 is 23.1 Å². The highest BCUT2D eigenvalue weighted by molar-refractivity contribution is 6.31. The summed E-state index contributed by atoms with van der Waals surface area (Å²) in [7, 11) is 0. The van der Waals surface area contributed by atoms with Crippen molar-refractivity contribution in [2.75, 3.05) is 18.5 Å². The Morgan fingerprint density at radius 1 is 1.53 bits per heavy atom.